The van der Waals surface area contributed by atoms with Crippen molar-refractivity contribution in [2.75, 3.05) is 35.5 Å². The maximum Gasteiger partial charge on any atom is 0.312 e. The molecule has 0 aliphatic carbocycles. The molecule has 9 heteroatoms. The Hall–Kier alpha value is -4.66. The van der Waals surface area contributed by atoms with Crippen molar-refractivity contribution in [1.29, 1.82) is 0 Å². The minimum absolute atomic E-state index is 0.00971. The number of hydrogen-bond donors (Lipinski definition) is 0. The highest BCUT2D eigenvalue weighted by molar-refractivity contribution is 5.94. The topological polar surface area (TPSA) is 103 Å². The molecule has 9 nitrogen and oxygen atoms in total. The molecule has 0 saturated carbocycles. The normalized spacial score (nSPS) is 14.4. The van der Waals surface area contributed by atoms with Crippen molar-refractivity contribution >= 4 is 16.9 Å². The summed E-state index contributed by atoms with van der Waals surface area (Å²) < 4.78 is 39.1. The van der Waals surface area contributed by atoms with Crippen LogP contribution in [0.2, 0.25) is 0 Å². The van der Waals surface area contributed by atoms with Crippen LogP contribution in [0.1, 0.15) is 23.5 Å². The van der Waals surface area contributed by atoms with Crippen molar-refractivity contribution in [2.45, 2.75) is 12.3 Å². The average molecular weight is 519 g/mol. The molecule has 3 aromatic carbocycles. The number of carbonyl (C=O) groups excluding carboxylic acids is 1. The Morgan fingerprint density at radius 3 is 2.05 bits per heavy atom. The van der Waals surface area contributed by atoms with E-state index < -0.39 is 11.9 Å². The lowest BCUT2D eigenvalue weighted by molar-refractivity contribution is -0.135. The van der Waals surface area contributed by atoms with Crippen LogP contribution in [0.3, 0.4) is 0 Å². The fraction of sp³-hybridized carbons (Fsp3) is 0.241. The van der Waals surface area contributed by atoms with E-state index in [9.17, 15) is 9.59 Å². The fourth-order valence-electron chi connectivity index (χ4n) is 4.84. The van der Waals surface area contributed by atoms with Crippen LogP contribution in [0.5, 0.6) is 34.5 Å². The zero-order chi connectivity index (χ0) is 27.0. The zero-order valence-electron chi connectivity index (χ0n) is 21.6. The Kier molecular flexibility index (Phi) is 6.59. The molecule has 0 saturated heterocycles. The highest BCUT2D eigenvalue weighted by Gasteiger charge is 2.36. The fourth-order valence-corrected chi connectivity index (χ4v) is 4.84. The SMILES string of the molecule is COc1ccc(-c2coc3c4c(cc(OC)c3c2=O)OC(=O)C[C@H]4c2cc(OC)c(OC)cc2OC)cc1. The van der Waals surface area contributed by atoms with Crippen LogP contribution >= 0.6 is 0 Å². The largest absolute Gasteiger partial charge is 0.497 e. The van der Waals surface area contributed by atoms with E-state index in [4.69, 9.17) is 32.8 Å². The Bertz CT molecular complexity index is 1590. The van der Waals surface area contributed by atoms with E-state index in [1.165, 1.54) is 34.7 Å². The molecule has 0 bridgehead atoms. The summed E-state index contributed by atoms with van der Waals surface area (Å²) in [5.74, 6) is 1.55. The van der Waals surface area contributed by atoms with Gasteiger partial charge in [0.25, 0.3) is 0 Å². The van der Waals surface area contributed by atoms with Crippen molar-refractivity contribution in [1.82, 2.24) is 0 Å². The zero-order valence-corrected chi connectivity index (χ0v) is 21.6. The number of fused-ring (bicyclic) bond motifs is 3. The lowest BCUT2D eigenvalue weighted by atomic mass is 9.84. The van der Waals surface area contributed by atoms with E-state index in [0.29, 0.717) is 45.3 Å². The number of hydrogen-bond acceptors (Lipinski definition) is 9. The molecule has 1 aliphatic heterocycles. The monoisotopic (exact) mass is 518 g/mol. The van der Waals surface area contributed by atoms with E-state index >= 15 is 0 Å². The summed E-state index contributed by atoms with van der Waals surface area (Å²) in [5.41, 5.74) is 2.17. The van der Waals surface area contributed by atoms with Crippen LogP contribution in [-0.4, -0.2) is 41.5 Å². The molecular formula is C29H26O9. The molecule has 1 aliphatic rings. The molecular weight excluding hydrogens is 492 g/mol. The van der Waals surface area contributed by atoms with Gasteiger partial charge >= 0.3 is 5.97 Å². The molecule has 5 rings (SSSR count). The van der Waals surface area contributed by atoms with Gasteiger partial charge in [0, 0.05) is 29.2 Å². The first-order valence-electron chi connectivity index (χ1n) is 11.7. The summed E-state index contributed by atoms with van der Waals surface area (Å²) in [7, 11) is 7.60. The van der Waals surface area contributed by atoms with Crippen LogP contribution in [0.15, 0.2) is 57.9 Å². The molecule has 1 aromatic heterocycles. The standard InChI is InChI=1S/C29H26O9/c1-32-16-8-6-15(7-9-16)19-14-37-29-26-18(17-10-21(34-3)22(35-4)12-20(17)33-2)11-25(30)38-24(26)13-23(36-5)27(29)28(19)31/h6-10,12-14,18H,11H2,1-5H3/t18-/m0/s1. The first-order chi connectivity index (χ1) is 18.4. The maximum absolute atomic E-state index is 13.8. The van der Waals surface area contributed by atoms with E-state index in [1.54, 1.807) is 49.6 Å². The Morgan fingerprint density at radius 1 is 0.763 bits per heavy atom. The molecule has 38 heavy (non-hydrogen) atoms. The van der Waals surface area contributed by atoms with Gasteiger partial charge in [-0.25, -0.2) is 0 Å². The minimum atomic E-state index is -0.565. The molecule has 196 valence electrons. The van der Waals surface area contributed by atoms with Gasteiger partial charge in [-0.1, -0.05) is 12.1 Å². The number of esters is 1. The second-order valence-electron chi connectivity index (χ2n) is 8.58. The summed E-state index contributed by atoms with van der Waals surface area (Å²) in [5, 5.41) is 0.238. The summed E-state index contributed by atoms with van der Waals surface area (Å²) in [6, 6.07) is 12.1. The van der Waals surface area contributed by atoms with Gasteiger partial charge in [-0.15, -0.1) is 0 Å². The molecule has 0 amide bonds. The first kappa shape index (κ1) is 25.0. The lowest BCUT2D eigenvalue weighted by Gasteiger charge is -2.28. The first-order valence-corrected chi connectivity index (χ1v) is 11.7. The predicted molar refractivity (Wildman–Crippen MR) is 139 cm³/mol. The van der Waals surface area contributed by atoms with Gasteiger partial charge in [0.05, 0.1) is 47.5 Å². The highest BCUT2D eigenvalue weighted by atomic mass is 16.5. The van der Waals surface area contributed by atoms with Crippen molar-refractivity contribution in [3.8, 4) is 45.6 Å². The molecule has 0 fully saturated rings. The minimum Gasteiger partial charge on any atom is -0.497 e. The summed E-state index contributed by atoms with van der Waals surface area (Å²) in [6.45, 7) is 0. The van der Waals surface area contributed by atoms with Crippen LogP contribution in [-0.2, 0) is 4.79 Å². The van der Waals surface area contributed by atoms with Crippen LogP contribution in [0, 0.1) is 0 Å². The lowest BCUT2D eigenvalue weighted by Crippen LogP contribution is -2.22. The summed E-state index contributed by atoms with van der Waals surface area (Å²) in [6.07, 6.45) is 1.40. The molecule has 2 heterocycles. The number of rotatable bonds is 7. The average Bonchev–Trinajstić information content (AvgIpc) is 2.95. The van der Waals surface area contributed by atoms with Gasteiger partial charge in [0.1, 0.15) is 40.2 Å². The quantitative estimate of drug-likeness (QED) is 0.248. The van der Waals surface area contributed by atoms with Gasteiger partial charge in [-0.05, 0) is 23.8 Å². The molecule has 0 radical (unpaired) electrons. The van der Waals surface area contributed by atoms with Crippen molar-refractivity contribution in [3.05, 3.63) is 70.1 Å². The predicted octanol–water partition coefficient (Wildman–Crippen LogP) is 4.94. The number of methoxy groups -OCH3 is 5. The molecule has 0 spiro atoms. The summed E-state index contributed by atoms with van der Waals surface area (Å²) in [4.78, 5) is 26.5. The van der Waals surface area contributed by atoms with Crippen LogP contribution < -0.4 is 33.8 Å². The third kappa shape index (κ3) is 4.06. The van der Waals surface area contributed by atoms with E-state index in [0.717, 1.165) is 0 Å². The van der Waals surface area contributed by atoms with Crippen molar-refractivity contribution < 1.29 is 37.6 Å². The Morgan fingerprint density at radius 2 is 1.42 bits per heavy atom. The molecule has 1 atom stereocenters. The van der Waals surface area contributed by atoms with E-state index in [2.05, 4.69) is 0 Å². The van der Waals surface area contributed by atoms with Gasteiger partial charge in [0.15, 0.2) is 11.5 Å². The third-order valence-electron chi connectivity index (χ3n) is 6.69. The maximum atomic E-state index is 13.8. The molecule has 0 N–H and O–H groups in total. The van der Waals surface area contributed by atoms with E-state index in [-0.39, 0.29) is 34.3 Å². The van der Waals surface area contributed by atoms with Gasteiger partial charge in [-0.3, -0.25) is 9.59 Å². The number of carbonyl (C=O) groups is 1. The molecule has 4 aromatic rings. The van der Waals surface area contributed by atoms with Crippen molar-refractivity contribution in [3.63, 3.8) is 0 Å². The Labute approximate surface area is 218 Å². The number of benzene rings is 3. The summed E-state index contributed by atoms with van der Waals surface area (Å²) >= 11 is 0. The van der Waals surface area contributed by atoms with Gasteiger partial charge in [-0.2, -0.15) is 0 Å². The van der Waals surface area contributed by atoms with Gasteiger partial charge < -0.3 is 32.8 Å². The second-order valence-corrected chi connectivity index (χ2v) is 8.58. The van der Waals surface area contributed by atoms with Crippen LogP contribution in [0.25, 0.3) is 22.1 Å². The van der Waals surface area contributed by atoms with Gasteiger partial charge in [0.2, 0.25) is 5.43 Å². The third-order valence-corrected chi connectivity index (χ3v) is 6.69. The number of ether oxygens (including phenoxy) is 6. The van der Waals surface area contributed by atoms with E-state index in [1.807, 2.05) is 0 Å². The van der Waals surface area contributed by atoms with Crippen molar-refractivity contribution in [2.24, 2.45) is 0 Å². The second kappa shape index (κ2) is 10.0. The molecule has 0 unspecified atom stereocenters. The smallest absolute Gasteiger partial charge is 0.312 e. The Balaban J connectivity index is 1.78. The highest BCUT2D eigenvalue weighted by Crippen LogP contribution is 2.49. The van der Waals surface area contributed by atoms with Crippen LogP contribution in [0.4, 0.5) is 0 Å².